The van der Waals surface area contributed by atoms with Crippen molar-refractivity contribution in [2.45, 2.75) is 6.42 Å². The summed E-state index contributed by atoms with van der Waals surface area (Å²) < 4.78 is 11.5. The van der Waals surface area contributed by atoms with E-state index in [9.17, 15) is 9.46 Å². The molecule has 1 aliphatic heterocycles. The first kappa shape index (κ1) is 15.1. The second-order valence-corrected chi connectivity index (χ2v) is 6.79. The van der Waals surface area contributed by atoms with Crippen LogP contribution >= 0.6 is 7.60 Å². The summed E-state index contributed by atoms with van der Waals surface area (Å²) in [6, 6.07) is 0. The van der Waals surface area contributed by atoms with E-state index in [1.54, 1.807) is 0 Å². The molecule has 2 N–H and O–H groups in total. The highest BCUT2D eigenvalue weighted by atomic mass is 31.2. The minimum atomic E-state index is -4.14. The predicted octanol–water partition coefficient (Wildman–Crippen LogP) is -1.32. The van der Waals surface area contributed by atoms with Gasteiger partial charge >= 0.3 is 0 Å². The molecule has 0 saturated carbocycles. The normalized spacial score (nSPS) is 30.8. The number of hydrogen-bond donors (Lipinski definition) is 2. The zero-order valence-corrected chi connectivity index (χ0v) is 11.3. The van der Waals surface area contributed by atoms with Crippen molar-refractivity contribution in [3.63, 3.8) is 0 Å². The summed E-state index contributed by atoms with van der Waals surface area (Å²) in [5.41, 5.74) is 0. The van der Waals surface area contributed by atoms with Gasteiger partial charge < -0.3 is 23.9 Å². The Hall–Kier alpha value is 0.0300. The van der Waals surface area contributed by atoms with E-state index >= 15 is 0 Å². The van der Waals surface area contributed by atoms with Crippen LogP contribution in [0.2, 0.25) is 0 Å². The zero-order chi connectivity index (χ0) is 12.9. The molecule has 102 valence electrons. The van der Waals surface area contributed by atoms with Gasteiger partial charge in [-0.3, -0.25) is 4.90 Å². The maximum Gasteiger partial charge on any atom is 0.138 e. The summed E-state index contributed by atoms with van der Waals surface area (Å²) in [6.07, 6.45) is 0.842. The van der Waals surface area contributed by atoms with Crippen molar-refractivity contribution < 1.29 is 23.9 Å². The molecule has 0 radical (unpaired) electrons. The van der Waals surface area contributed by atoms with Crippen molar-refractivity contribution in [2.75, 3.05) is 59.1 Å². The number of hydrogen-bond acceptors (Lipinski definition) is 4. The van der Waals surface area contributed by atoms with Crippen LogP contribution in [0.1, 0.15) is 6.42 Å². The third kappa shape index (κ3) is 5.95. The number of nitrogens with zero attached hydrogens (tertiary/aromatic N) is 2. The van der Waals surface area contributed by atoms with E-state index in [4.69, 9.17) is 10.00 Å². The fourth-order valence-corrected chi connectivity index (χ4v) is 2.97. The highest BCUT2D eigenvalue weighted by molar-refractivity contribution is 7.50. The van der Waals surface area contributed by atoms with Crippen LogP contribution in [0.25, 0.3) is 0 Å². The lowest BCUT2D eigenvalue weighted by Crippen LogP contribution is -2.48. The molecule has 1 fully saturated rings. The molecule has 1 heterocycles. The predicted molar refractivity (Wildman–Crippen MR) is 63.6 cm³/mol. The van der Waals surface area contributed by atoms with Gasteiger partial charge in [0.25, 0.3) is 0 Å². The molecule has 7 heteroatoms. The molecular weight excluding hydrogens is 243 g/mol. The first-order valence-electron chi connectivity index (χ1n) is 6.04. The van der Waals surface area contributed by atoms with Crippen LogP contribution in [-0.2, 0) is 4.57 Å². The third-order valence-corrected chi connectivity index (χ3v) is 4.23. The SMILES string of the molecule is C[N+]1(CCP(=O)([O-])O)CCCN(CCO)CC1. The highest BCUT2D eigenvalue weighted by Crippen LogP contribution is 2.29. The van der Waals surface area contributed by atoms with E-state index in [-0.39, 0.29) is 12.8 Å². The molecule has 0 amide bonds. The number of quaternary nitrogens is 1. The zero-order valence-electron chi connectivity index (χ0n) is 10.4. The lowest BCUT2D eigenvalue weighted by molar-refractivity contribution is -0.905. The van der Waals surface area contributed by atoms with E-state index in [1.165, 1.54) is 0 Å². The molecule has 1 saturated heterocycles. The summed E-state index contributed by atoms with van der Waals surface area (Å²) >= 11 is 0. The Balaban J connectivity index is 2.45. The van der Waals surface area contributed by atoms with Gasteiger partial charge in [0.05, 0.1) is 39.5 Å². The minimum absolute atomic E-state index is 0.149. The molecule has 1 aliphatic rings. The Morgan fingerprint density at radius 1 is 1.41 bits per heavy atom. The topological polar surface area (TPSA) is 83.8 Å². The molecular formula is C10H23N2O4P. The fourth-order valence-electron chi connectivity index (χ4n) is 2.24. The Bertz CT molecular complexity index is 283. The molecule has 2 atom stereocenters. The first-order valence-corrected chi connectivity index (χ1v) is 7.80. The maximum atomic E-state index is 10.8. The van der Waals surface area contributed by atoms with E-state index < -0.39 is 7.60 Å². The summed E-state index contributed by atoms with van der Waals surface area (Å²) in [7, 11) is -2.11. The van der Waals surface area contributed by atoms with Crippen LogP contribution in [0.15, 0.2) is 0 Å². The average Bonchev–Trinajstić information content (AvgIpc) is 2.39. The molecule has 6 nitrogen and oxygen atoms in total. The quantitative estimate of drug-likeness (QED) is 0.476. The van der Waals surface area contributed by atoms with Gasteiger partial charge in [0.2, 0.25) is 0 Å². The fraction of sp³-hybridized carbons (Fsp3) is 1.00. The molecule has 2 unspecified atom stereocenters. The summed E-state index contributed by atoms with van der Waals surface area (Å²) in [6.45, 7) is 4.90. The van der Waals surface area contributed by atoms with Gasteiger partial charge in [-0.1, -0.05) is 0 Å². The van der Waals surface area contributed by atoms with Crippen molar-refractivity contribution in [1.29, 1.82) is 0 Å². The average molecular weight is 266 g/mol. The van der Waals surface area contributed by atoms with Gasteiger partial charge in [-0.15, -0.1) is 0 Å². The van der Waals surface area contributed by atoms with Crippen LogP contribution < -0.4 is 4.89 Å². The smallest absolute Gasteiger partial charge is 0.138 e. The van der Waals surface area contributed by atoms with Crippen LogP contribution in [0.4, 0.5) is 0 Å². The molecule has 1 rings (SSSR count). The van der Waals surface area contributed by atoms with E-state index in [0.717, 1.165) is 32.6 Å². The van der Waals surface area contributed by atoms with Crippen molar-refractivity contribution >= 4 is 7.60 Å². The van der Waals surface area contributed by atoms with E-state index in [0.29, 0.717) is 17.6 Å². The Morgan fingerprint density at radius 3 is 2.71 bits per heavy atom. The van der Waals surface area contributed by atoms with Gasteiger partial charge in [-0.2, -0.15) is 0 Å². The van der Waals surface area contributed by atoms with Crippen molar-refractivity contribution in [2.24, 2.45) is 0 Å². The summed E-state index contributed by atoms with van der Waals surface area (Å²) in [5, 5.41) is 8.89. The Labute approximate surface area is 103 Å². The van der Waals surface area contributed by atoms with Gasteiger partial charge in [-0.05, 0) is 0 Å². The number of likely N-dealkylation sites (N-methyl/N-ethyl adjacent to an activating group) is 1. The molecule has 0 aromatic carbocycles. The summed E-state index contributed by atoms with van der Waals surface area (Å²) in [5.74, 6) is 0. The van der Waals surface area contributed by atoms with Gasteiger partial charge in [-0.25, -0.2) is 0 Å². The largest absolute Gasteiger partial charge is 0.778 e. The molecule has 0 aromatic rings. The standard InChI is InChI=1S/C10H23N2O4P/c1-12(8-10-17(14,15)16)6-2-3-11(4-7-12)5-9-13/h13H,2-10H2,1H3,(H-,14,15,16). The van der Waals surface area contributed by atoms with E-state index in [1.807, 2.05) is 7.05 Å². The molecule has 17 heavy (non-hydrogen) atoms. The second-order valence-electron chi connectivity index (χ2n) is 5.07. The molecule has 0 bridgehead atoms. The highest BCUT2D eigenvalue weighted by Gasteiger charge is 2.26. The van der Waals surface area contributed by atoms with Gasteiger partial charge in [0.1, 0.15) is 7.60 Å². The Kier molecular flexibility index (Phi) is 5.57. The van der Waals surface area contributed by atoms with Crippen molar-refractivity contribution in [3.8, 4) is 0 Å². The molecule has 0 aromatic heterocycles. The van der Waals surface area contributed by atoms with Crippen molar-refractivity contribution in [3.05, 3.63) is 0 Å². The summed E-state index contributed by atoms with van der Waals surface area (Å²) in [4.78, 5) is 21.8. The third-order valence-electron chi connectivity index (χ3n) is 3.47. The number of aliphatic hydroxyl groups is 1. The minimum Gasteiger partial charge on any atom is -0.778 e. The lowest BCUT2D eigenvalue weighted by atomic mass is 10.3. The first-order chi connectivity index (χ1) is 7.85. The van der Waals surface area contributed by atoms with Crippen LogP contribution in [-0.4, -0.2) is 78.5 Å². The van der Waals surface area contributed by atoms with Crippen molar-refractivity contribution in [1.82, 2.24) is 4.90 Å². The molecule has 0 spiro atoms. The van der Waals surface area contributed by atoms with Crippen LogP contribution in [0, 0.1) is 0 Å². The molecule has 0 aliphatic carbocycles. The maximum absolute atomic E-state index is 10.8. The Morgan fingerprint density at radius 2 is 2.12 bits per heavy atom. The number of β-amino-alcohol motifs (C(OH)–C–C–N with tert-alkyl or cyclic N) is 1. The second kappa shape index (κ2) is 6.27. The van der Waals surface area contributed by atoms with E-state index in [2.05, 4.69) is 4.90 Å². The van der Waals surface area contributed by atoms with Gasteiger partial charge in [0.15, 0.2) is 0 Å². The number of rotatable bonds is 5. The lowest BCUT2D eigenvalue weighted by Gasteiger charge is -2.34. The number of aliphatic hydroxyl groups excluding tert-OH is 1. The monoisotopic (exact) mass is 266 g/mol. The van der Waals surface area contributed by atoms with Crippen LogP contribution in [0.5, 0.6) is 0 Å². The van der Waals surface area contributed by atoms with Gasteiger partial charge in [0, 0.05) is 26.1 Å². The van der Waals surface area contributed by atoms with Crippen LogP contribution in [0.3, 0.4) is 0 Å².